The van der Waals surface area contributed by atoms with Gasteiger partial charge in [-0.3, -0.25) is 4.79 Å². The van der Waals surface area contributed by atoms with E-state index in [1.807, 2.05) is 13.0 Å². The maximum atomic E-state index is 11.0. The third-order valence-electron chi connectivity index (χ3n) is 1.82. The van der Waals surface area contributed by atoms with Gasteiger partial charge >= 0.3 is 0 Å². The Balaban J connectivity index is 2.81. The molecule has 1 aliphatic rings. The zero-order valence-electron chi connectivity index (χ0n) is 6.29. The number of aliphatic hydroxyl groups is 1. The van der Waals surface area contributed by atoms with E-state index < -0.39 is 6.10 Å². The Morgan fingerprint density at radius 2 is 2.30 bits per heavy atom. The molecule has 0 aromatic heterocycles. The molecule has 0 aliphatic heterocycles. The van der Waals surface area contributed by atoms with E-state index in [1.165, 1.54) is 0 Å². The van der Waals surface area contributed by atoms with Gasteiger partial charge in [0.2, 0.25) is 0 Å². The molecule has 1 aliphatic carbocycles. The molecule has 1 N–H and O–H groups in total. The Kier molecular flexibility index (Phi) is 1.90. The Labute approximate surface area is 60.6 Å². The van der Waals surface area contributed by atoms with Gasteiger partial charge in [-0.25, -0.2) is 0 Å². The fourth-order valence-corrected chi connectivity index (χ4v) is 1.30. The van der Waals surface area contributed by atoms with Crippen molar-refractivity contribution in [1.29, 1.82) is 0 Å². The fourth-order valence-electron chi connectivity index (χ4n) is 1.30. The smallest absolute Gasteiger partial charge is 0.186 e. The van der Waals surface area contributed by atoms with Crippen LogP contribution in [0.15, 0.2) is 11.6 Å². The van der Waals surface area contributed by atoms with Crippen molar-refractivity contribution < 1.29 is 9.90 Å². The number of aliphatic hydroxyl groups excluding tert-OH is 1. The lowest BCUT2D eigenvalue weighted by atomic mass is 9.89. The predicted octanol–water partition coefficient (Wildman–Crippen LogP) is 0.903. The van der Waals surface area contributed by atoms with E-state index in [0.29, 0.717) is 17.9 Å². The van der Waals surface area contributed by atoms with Crippen molar-refractivity contribution in [3.63, 3.8) is 0 Å². The summed E-state index contributed by atoms with van der Waals surface area (Å²) < 4.78 is 0. The number of hydrogen-bond donors (Lipinski definition) is 1. The zero-order chi connectivity index (χ0) is 7.72. The maximum Gasteiger partial charge on any atom is 0.186 e. The lowest BCUT2D eigenvalue weighted by molar-refractivity contribution is -0.124. The quantitative estimate of drug-likeness (QED) is 0.543. The minimum absolute atomic E-state index is 0.113. The van der Waals surface area contributed by atoms with Crippen LogP contribution in [0.2, 0.25) is 0 Å². The summed E-state index contributed by atoms with van der Waals surface area (Å²) in [4.78, 5) is 11.0. The minimum Gasteiger partial charge on any atom is -0.385 e. The van der Waals surface area contributed by atoms with Crippen LogP contribution in [0.1, 0.15) is 20.3 Å². The standard InChI is InChI=1S/C8H12O2/c1-5-3-6(2)8(10)7(9)4-5/h3,5,7,9H,4H2,1-2H3/t5-,7+/m0/s1. The van der Waals surface area contributed by atoms with Gasteiger partial charge in [0.05, 0.1) is 0 Å². The summed E-state index contributed by atoms with van der Waals surface area (Å²) in [6.07, 6.45) is 1.74. The molecule has 10 heavy (non-hydrogen) atoms. The first-order chi connectivity index (χ1) is 4.61. The van der Waals surface area contributed by atoms with Crippen LogP contribution >= 0.6 is 0 Å². The van der Waals surface area contributed by atoms with Gasteiger partial charge in [0.15, 0.2) is 5.78 Å². The number of rotatable bonds is 0. The van der Waals surface area contributed by atoms with E-state index in [1.54, 1.807) is 6.92 Å². The maximum absolute atomic E-state index is 11.0. The number of allylic oxidation sites excluding steroid dienone is 1. The van der Waals surface area contributed by atoms with E-state index in [9.17, 15) is 4.79 Å². The SMILES string of the molecule is CC1=C[C@H](C)C[C@@H](O)C1=O. The average molecular weight is 140 g/mol. The fraction of sp³-hybridized carbons (Fsp3) is 0.625. The van der Waals surface area contributed by atoms with Gasteiger partial charge in [-0.1, -0.05) is 13.0 Å². The van der Waals surface area contributed by atoms with Crippen molar-refractivity contribution in [2.45, 2.75) is 26.4 Å². The third kappa shape index (κ3) is 1.27. The summed E-state index contributed by atoms with van der Waals surface area (Å²) in [5, 5.41) is 9.13. The molecule has 0 amide bonds. The molecule has 0 unspecified atom stereocenters. The topological polar surface area (TPSA) is 37.3 Å². The lowest BCUT2D eigenvalue weighted by Crippen LogP contribution is -2.27. The number of hydrogen-bond acceptors (Lipinski definition) is 2. The molecule has 0 aromatic carbocycles. The van der Waals surface area contributed by atoms with Crippen molar-refractivity contribution in [3.8, 4) is 0 Å². The van der Waals surface area contributed by atoms with Gasteiger partial charge in [-0.2, -0.15) is 0 Å². The first-order valence-corrected chi connectivity index (χ1v) is 3.52. The number of carbonyl (C=O) groups is 1. The van der Waals surface area contributed by atoms with Gasteiger partial charge < -0.3 is 5.11 Å². The van der Waals surface area contributed by atoms with Gasteiger partial charge in [0.1, 0.15) is 6.10 Å². The monoisotopic (exact) mass is 140 g/mol. The normalized spacial score (nSPS) is 33.9. The molecular formula is C8H12O2. The first-order valence-electron chi connectivity index (χ1n) is 3.52. The molecule has 0 aromatic rings. The Morgan fingerprint density at radius 3 is 2.80 bits per heavy atom. The van der Waals surface area contributed by atoms with Crippen LogP contribution in [-0.4, -0.2) is 17.0 Å². The summed E-state index contributed by atoms with van der Waals surface area (Å²) in [5.74, 6) is 0.228. The highest BCUT2D eigenvalue weighted by Crippen LogP contribution is 2.19. The molecule has 0 fully saturated rings. The molecule has 56 valence electrons. The van der Waals surface area contributed by atoms with Crippen LogP contribution in [0.5, 0.6) is 0 Å². The van der Waals surface area contributed by atoms with Crippen molar-refractivity contribution in [2.75, 3.05) is 0 Å². The van der Waals surface area contributed by atoms with Crippen LogP contribution in [-0.2, 0) is 4.79 Å². The van der Waals surface area contributed by atoms with Crippen LogP contribution < -0.4 is 0 Å². The minimum atomic E-state index is -0.750. The van der Waals surface area contributed by atoms with Crippen LogP contribution in [0.4, 0.5) is 0 Å². The molecule has 2 nitrogen and oxygen atoms in total. The largest absolute Gasteiger partial charge is 0.385 e. The second kappa shape index (κ2) is 2.54. The van der Waals surface area contributed by atoms with Gasteiger partial charge in [-0.05, 0) is 24.8 Å². The summed E-state index contributed by atoms with van der Waals surface area (Å²) in [6.45, 7) is 3.75. The Hall–Kier alpha value is -0.630. The van der Waals surface area contributed by atoms with Crippen LogP contribution in [0.25, 0.3) is 0 Å². The van der Waals surface area contributed by atoms with E-state index in [2.05, 4.69) is 0 Å². The summed E-state index contributed by atoms with van der Waals surface area (Å²) in [6, 6.07) is 0. The van der Waals surface area contributed by atoms with Gasteiger partial charge in [0, 0.05) is 0 Å². The first kappa shape index (κ1) is 7.48. The van der Waals surface area contributed by atoms with E-state index in [-0.39, 0.29) is 5.78 Å². The van der Waals surface area contributed by atoms with Crippen molar-refractivity contribution >= 4 is 5.78 Å². The molecule has 0 saturated heterocycles. The molecule has 1 rings (SSSR count). The molecular weight excluding hydrogens is 128 g/mol. The summed E-state index contributed by atoms with van der Waals surface area (Å²) in [5.41, 5.74) is 0.700. The third-order valence-corrected chi connectivity index (χ3v) is 1.82. The molecule has 0 saturated carbocycles. The second-order valence-corrected chi connectivity index (χ2v) is 2.94. The lowest BCUT2D eigenvalue weighted by Gasteiger charge is -2.19. The van der Waals surface area contributed by atoms with E-state index in [4.69, 9.17) is 5.11 Å². The molecule has 0 radical (unpaired) electrons. The highest BCUT2D eigenvalue weighted by Gasteiger charge is 2.23. The summed E-state index contributed by atoms with van der Waals surface area (Å²) >= 11 is 0. The average Bonchev–Trinajstić information content (AvgIpc) is 1.82. The summed E-state index contributed by atoms with van der Waals surface area (Å²) in [7, 11) is 0. The Morgan fingerprint density at radius 1 is 1.70 bits per heavy atom. The van der Waals surface area contributed by atoms with Crippen molar-refractivity contribution in [1.82, 2.24) is 0 Å². The molecule has 0 heterocycles. The Bertz CT molecular complexity index is 182. The molecule has 2 atom stereocenters. The van der Waals surface area contributed by atoms with Crippen molar-refractivity contribution in [3.05, 3.63) is 11.6 Å². The van der Waals surface area contributed by atoms with Gasteiger partial charge in [-0.15, -0.1) is 0 Å². The molecule has 0 bridgehead atoms. The molecule has 0 spiro atoms. The van der Waals surface area contributed by atoms with Crippen molar-refractivity contribution in [2.24, 2.45) is 5.92 Å². The van der Waals surface area contributed by atoms with E-state index >= 15 is 0 Å². The van der Waals surface area contributed by atoms with E-state index in [0.717, 1.165) is 0 Å². The zero-order valence-corrected chi connectivity index (χ0v) is 6.29. The second-order valence-electron chi connectivity index (χ2n) is 2.94. The highest BCUT2D eigenvalue weighted by atomic mass is 16.3. The number of ketones is 1. The predicted molar refractivity (Wildman–Crippen MR) is 38.6 cm³/mol. The van der Waals surface area contributed by atoms with Crippen LogP contribution in [0.3, 0.4) is 0 Å². The van der Waals surface area contributed by atoms with Gasteiger partial charge in [0.25, 0.3) is 0 Å². The number of Topliss-reactive ketones (excluding diaryl/α,β-unsaturated/α-hetero) is 1. The number of carbonyl (C=O) groups excluding carboxylic acids is 1. The molecule has 2 heteroatoms. The highest BCUT2D eigenvalue weighted by molar-refractivity contribution is 5.98. The van der Waals surface area contributed by atoms with Crippen LogP contribution in [0, 0.1) is 5.92 Å².